The SMILES string of the molecule is C=CC[C@@]1([N+](=O)[O-])c2ccccc2N(C(=O)OC(C)(C)C)[C@@H]1OC. The average Bonchev–Trinajstić information content (AvgIpc) is 2.77. The van der Waals surface area contributed by atoms with E-state index in [4.69, 9.17) is 9.47 Å². The van der Waals surface area contributed by atoms with Gasteiger partial charge in [0.2, 0.25) is 6.23 Å². The van der Waals surface area contributed by atoms with Crippen molar-refractivity contribution in [3.8, 4) is 0 Å². The van der Waals surface area contributed by atoms with E-state index >= 15 is 0 Å². The predicted molar refractivity (Wildman–Crippen MR) is 89.4 cm³/mol. The van der Waals surface area contributed by atoms with E-state index in [1.807, 2.05) is 0 Å². The summed E-state index contributed by atoms with van der Waals surface area (Å²) in [5.41, 5.74) is -1.53. The first-order valence-corrected chi connectivity index (χ1v) is 7.59. The second kappa shape index (κ2) is 6.24. The summed E-state index contributed by atoms with van der Waals surface area (Å²) in [7, 11) is 1.34. The van der Waals surface area contributed by atoms with Crippen molar-refractivity contribution in [3.05, 3.63) is 52.6 Å². The molecular formula is C17H22N2O5. The van der Waals surface area contributed by atoms with E-state index in [0.29, 0.717) is 11.3 Å². The maximum Gasteiger partial charge on any atom is 0.417 e. The van der Waals surface area contributed by atoms with Gasteiger partial charge in [0.05, 0.1) is 11.3 Å². The molecular weight excluding hydrogens is 312 g/mol. The van der Waals surface area contributed by atoms with Crippen LogP contribution >= 0.6 is 0 Å². The highest BCUT2D eigenvalue weighted by molar-refractivity contribution is 5.92. The summed E-state index contributed by atoms with van der Waals surface area (Å²) in [6.07, 6.45) is -0.328. The first kappa shape index (κ1) is 17.9. The Morgan fingerprint density at radius 1 is 1.46 bits per heavy atom. The molecule has 0 saturated carbocycles. The maximum atomic E-state index is 12.7. The summed E-state index contributed by atoms with van der Waals surface area (Å²) in [6, 6.07) is 6.70. The molecule has 1 aromatic rings. The lowest BCUT2D eigenvalue weighted by Crippen LogP contribution is -2.53. The molecule has 0 aliphatic carbocycles. The van der Waals surface area contributed by atoms with Crippen LogP contribution in [0.15, 0.2) is 36.9 Å². The highest BCUT2D eigenvalue weighted by Gasteiger charge is 2.63. The third-order valence-corrected chi connectivity index (χ3v) is 3.87. The molecule has 1 amide bonds. The van der Waals surface area contributed by atoms with Gasteiger partial charge in [-0.25, -0.2) is 9.69 Å². The van der Waals surface area contributed by atoms with E-state index in [2.05, 4.69) is 6.58 Å². The number of nitro groups is 1. The fourth-order valence-electron chi connectivity index (χ4n) is 3.02. The highest BCUT2D eigenvalue weighted by Crippen LogP contribution is 2.48. The van der Waals surface area contributed by atoms with E-state index < -0.39 is 28.4 Å². The molecule has 24 heavy (non-hydrogen) atoms. The highest BCUT2D eigenvalue weighted by atomic mass is 16.6. The molecule has 7 nitrogen and oxygen atoms in total. The van der Waals surface area contributed by atoms with Crippen LogP contribution in [0.3, 0.4) is 0 Å². The summed E-state index contributed by atoms with van der Waals surface area (Å²) >= 11 is 0. The number of nitrogens with zero attached hydrogens (tertiary/aromatic N) is 2. The molecule has 0 aromatic heterocycles. The molecule has 0 spiro atoms. The Balaban J connectivity index is 2.64. The van der Waals surface area contributed by atoms with Gasteiger partial charge in [-0.05, 0) is 32.9 Å². The topological polar surface area (TPSA) is 81.9 Å². The second-order valence-electron chi connectivity index (χ2n) is 6.63. The minimum absolute atomic E-state index is 0.0226. The van der Waals surface area contributed by atoms with Gasteiger partial charge >= 0.3 is 6.09 Å². The van der Waals surface area contributed by atoms with Crippen LogP contribution in [-0.2, 0) is 15.0 Å². The van der Waals surface area contributed by atoms with Crippen molar-refractivity contribution in [2.45, 2.75) is 44.6 Å². The Kier molecular flexibility index (Phi) is 4.66. The summed E-state index contributed by atoms with van der Waals surface area (Å²) in [6.45, 7) is 8.83. The first-order valence-electron chi connectivity index (χ1n) is 7.59. The lowest BCUT2D eigenvalue weighted by Gasteiger charge is -2.31. The van der Waals surface area contributed by atoms with Gasteiger partial charge in [-0.15, -0.1) is 6.58 Å². The zero-order valence-corrected chi connectivity index (χ0v) is 14.3. The van der Waals surface area contributed by atoms with E-state index in [0.717, 1.165) is 0 Å². The van der Waals surface area contributed by atoms with Gasteiger partial charge in [-0.2, -0.15) is 0 Å². The van der Waals surface area contributed by atoms with Gasteiger partial charge < -0.3 is 9.47 Å². The number of ether oxygens (including phenoxy) is 2. The van der Waals surface area contributed by atoms with Crippen molar-refractivity contribution in [2.24, 2.45) is 0 Å². The molecule has 0 radical (unpaired) electrons. The van der Waals surface area contributed by atoms with Crippen molar-refractivity contribution < 1.29 is 19.2 Å². The zero-order valence-electron chi connectivity index (χ0n) is 14.3. The number of methoxy groups -OCH3 is 1. The third-order valence-electron chi connectivity index (χ3n) is 3.87. The molecule has 1 aromatic carbocycles. The van der Waals surface area contributed by atoms with Crippen LogP contribution in [0, 0.1) is 10.1 Å². The smallest absolute Gasteiger partial charge is 0.417 e. The van der Waals surface area contributed by atoms with Crippen molar-refractivity contribution in [1.82, 2.24) is 0 Å². The number of amides is 1. The number of carbonyl (C=O) groups is 1. The summed E-state index contributed by atoms with van der Waals surface area (Å²) in [5, 5.41) is 12.0. The molecule has 1 aliphatic rings. The van der Waals surface area contributed by atoms with Crippen LogP contribution in [-0.4, -0.2) is 30.0 Å². The number of anilines is 1. The van der Waals surface area contributed by atoms with Crippen LogP contribution < -0.4 is 4.90 Å². The Morgan fingerprint density at radius 2 is 2.08 bits per heavy atom. The van der Waals surface area contributed by atoms with Crippen molar-refractivity contribution in [3.63, 3.8) is 0 Å². The molecule has 0 saturated heterocycles. The number of rotatable bonds is 4. The molecule has 1 aliphatic heterocycles. The second-order valence-corrected chi connectivity index (χ2v) is 6.63. The maximum absolute atomic E-state index is 12.7. The third kappa shape index (κ3) is 2.75. The zero-order chi connectivity index (χ0) is 18.1. The molecule has 0 fully saturated rings. The lowest BCUT2D eigenvalue weighted by molar-refractivity contribution is -0.590. The standard InChI is InChI=1S/C17H22N2O5/c1-6-11-17(19(21)22)12-9-7-8-10-13(12)18(14(17)23-5)15(20)24-16(2,3)4/h6-10,14H,1,11H2,2-5H3/t14-,17-/m1/s1. The molecule has 130 valence electrons. The Labute approximate surface area is 141 Å². The summed E-state index contributed by atoms with van der Waals surface area (Å²) in [4.78, 5) is 25.5. The van der Waals surface area contributed by atoms with Gasteiger partial charge in [0, 0.05) is 18.5 Å². The number of hydrogen-bond acceptors (Lipinski definition) is 5. The molecule has 0 bridgehead atoms. The predicted octanol–water partition coefficient (Wildman–Crippen LogP) is 3.46. The fourth-order valence-corrected chi connectivity index (χ4v) is 3.02. The molecule has 0 N–H and O–H groups in total. The fraction of sp³-hybridized carbons (Fsp3) is 0.471. The number of hydrogen-bond donors (Lipinski definition) is 0. The molecule has 7 heteroatoms. The minimum atomic E-state index is -1.62. The number of fused-ring (bicyclic) bond motifs is 1. The average molecular weight is 334 g/mol. The van der Waals surface area contributed by atoms with Crippen LogP contribution in [0.1, 0.15) is 32.8 Å². The lowest BCUT2D eigenvalue weighted by atomic mass is 9.87. The van der Waals surface area contributed by atoms with Gasteiger partial charge in [0.1, 0.15) is 5.60 Å². The van der Waals surface area contributed by atoms with Crippen molar-refractivity contribution >= 4 is 11.8 Å². The number of benzene rings is 1. The van der Waals surface area contributed by atoms with Crippen molar-refractivity contribution in [1.29, 1.82) is 0 Å². The molecule has 1 heterocycles. The van der Waals surface area contributed by atoms with E-state index in [-0.39, 0.29) is 6.42 Å². The normalized spacial score (nSPS) is 22.8. The first-order chi connectivity index (χ1) is 11.2. The molecule has 2 atom stereocenters. The van der Waals surface area contributed by atoms with Gasteiger partial charge in [0.25, 0.3) is 5.54 Å². The number of para-hydroxylation sites is 1. The van der Waals surface area contributed by atoms with Crippen molar-refractivity contribution in [2.75, 3.05) is 12.0 Å². The Hall–Kier alpha value is -2.41. The van der Waals surface area contributed by atoms with Gasteiger partial charge in [-0.1, -0.05) is 18.2 Å². The van der Waals surface area contributed by atoms with Crippen LogP contribution in [0.4, 0.5) is 10.5 Å². The van der Waals surface area contributed by atoms with E-state index in [1.165, 1.54) is 18.1 Å². The van der Waals surface area contributed by atoms with E-state index in [1.54, 1.807) is 45.0 Å². The number of carbonyl (C=O) groups excluding carboxylic acids is 1. The van der Waals surface area contributed by atoms with Crippen LogP contribution in [0.25, 0.3) is 0 Å². The van der Waals surface area contributed by atoms with Crippen LogP contribution in [0.5, 0.6) is 0 Å². The van der Waals surface area contributed by atoms with Crippen LogP contribution in [0.2, 0.25) is 0 Å². The van der Waals surface area contributed by atoms with E-state index in [9.17, 15) is 14.9 Å². The summed E-state index contributed by atoms with van der Waals surface area (Å²) < 4.78 is 10.8. The minimum Gasteiger partial charge on any atom is -0.443 e. The van der Waals surface area contributed by atoms with Gasteiger partial charge in [0.15, 0.2) is 0 Å². The Morgan fingerprint density at radius 3 is 2.58 bits per heavy atom. The Bertz CT molecular complexity index is 667. The molecule has 0 unspecified atom stereocenters. The quantitative estimate of drug-likeness (QED) is 0.478. The summed E-state index contributed by atoms with van der Waals surface area (Å²) in [5.74, 6) is 0. The monoisotopic (exact) mass is 334 g/mol. The largest absolute Gasteiger partial charge is 0.443 e. The molecule has 2 rings (SSSR count). The van der Waals surface area contributed by atoms with Gasteiger partial charge in [-0.3, -0.25) is 10.1 Å².